The molecule has 0 amide bonds. The number of aliphatic carboxylic acids is 1. The molecule has 2 heterocycles. The number of para-hydroxylation sites is 1. The molecule has 1 N–H and O–H groups in total. The lowest BCUT2D eigenvalue weighted by Gasteiger charge is -2.10. The monoisotopic (exact) mass is 447 g/mol. The number of hydrogen-bond acceptors (Lipinski definition) is 4. The van der Waals surface area contributed by atoms with Gasteiger partial charge < -0.3 is 9.84 Å². The number of aryl methyl sites for hydroxylation is 2. The SMILES string of the molecule is CCCc1nn(-c2ccc(C(F)(F)F)cn2)cc1CCCOc1ccccc1CC(=O)O. The number of aromatic nitrogens is 3. The molecule has 0 aliphatic heterocycles. The normalized spacial score (nSPS) is 11.5. The Balaban J connectivity index is 1.66. The summed E-state index contributed by atoms with van der Waals surface area (Å²) in [5, 5.41) is 13.5. The number of nitrogens with zero attached hydrogens (tertiary/aromatic N) is 3. The zero-order valence-corrected chi connectivity index (χ0v) is 17.6. The van der Waals surface area contributed by atoms with Crippen molar-refractivity contribution in [1.29, 1.82) is 0 Å². The molecule has 9 heteroatoms. The Bertz CT molecular complexity index is 1050. The number of carbonyl (C=O) groups is 1. The lowest BCUT2D eigenvalue weighted by atomic mass is 10.1. The molecule has 1 aromatic carbocycles. The Kier molecular flexibility index (Phi) is 7.50. The van der Waals surface area contributed by atoms with Crippen LogP contribution >= 0.6 is 0 Å². The fourth-order valence-corrected chi connectivity index (χ4v) is 3.31. The van der Waals surface area contributed by atoms with Gasteiger partial charge in [0.1, 0.15) is 5.75 Å². The maximum atomic E-state index is 12.8. The van der Waals surface area contributed by atoms with E-state index in [0.717, 1.165) is 36.4 Å². The number of alkyl halides is 3. The van der Waals surface area contributed by atoms with Gasteiger partial charge in [-0.2, -0.15) is 18.3 Å². The Labute approximate surface area is 183 Å². The van der Waals surface area contributed by atoms with Crippen LogP contribution in [-0.4, -0.2) is 32.4 Å². The van der Waals surface area contributed by atoms with E-state index in [9.17, 15) is 18.0 Å². The number of hydrogen-bond donors (Lipinski definition) is 1. The minimum atomic E-state index is -4.43. The molecule has 0 bridgehead atoms. The summed E-state index contributed by atoms with van der Waals surface area (Å²) in [4.78, 5) is 14.9. The Morgan fingerprint density at radius 1 is 1.12 bits per heavy atom. The number of halogens is 3. The molecule has 0 unspecified atom stereocenters. The average molecular weight is 447 g/mol. The molecule has 0 radical (unpaired) electrons. The summed E-state index contributed by atoms with van der Waals surface area (Å²) < 4.78 is 45.6. The van der Waals surface area contributed by atoms with E-state index < -0.39 is 17.7 Å². The quantitative estimate of drug-likeness (QED) is 0.449. The van der Waals surface area contributed by atoms with Gasteiger partial charge in [-0.15, -0.1) is 0 Å². The van der Waals surface area contributed by atoms with Crippen molar-refractivity contribution in [3.63, 3.8) is 0 Å². The van der Waals surface area contributed by atoms with Gasteiger partial charge in [-0.25, -0.2) is 9.67 Å². The summed E-state index contributed by atoms with van der Waals surface area (Å²) in [7, 11) is 0. The van der Waals surface area contributed by atoms with E-state index in [1.807, 2.05) is 6.92 Å². The molecule has 0 saturated heterocycles. The minimum Gasteiger partial charge on any atom is -0.493 e. The van der Waals surface area contributed by atoms with Crippen LogP contribution in [0.1, 0.15) is 42.1 Å². The third kappa shape index (κ3) is 6.09. The van der Waals surface area contributed by atoms with Gasteiger partial charge in [-0.3, -0.25) is 4.79 Å². The summed E-state index contributed by atoms with van der Waals surface area (Å²) in [6.07, 6.45) is 1.01. The fraction of sp³-hybridized carbons (Fsp3) is 0.348. The lowest BCUT2D eigenvalue weighted by Crippen LogP contribution is -2.07. The largest absolute Gasteiger partial charge is 0.493 e. The minimum absolute atomic E-state index is 0.107. The number of benzene rings is 1. The Morgan fingerprint density at radius 3 is 2.56 bits per heavy atom. The van der Waals surface area contributed by atoms with Crippen LogP contribution in [0.5, 0.6) is 5.75 Å². The van der Waals surface area contributed by atoms with Gasteiger partial charge in [0.15, 0.2) is 5.82 Å². The number of carboxylic acid groups (broad SMARTS) is 1. The first kappa shape index (κ1) is 23.3. The second kappa shape index (κ2) is 10.3. The van der Waals surface area contributed by atoms with Crippen molar-refractivity contribution in [1.82, 2.24) is 14.8 Å². The molecule has 6 nitrogen and oxygen atoms in total. The second-order valence-corrected chi connectivity index (χ2v) is 7.33. The third-order valence-corrected chi connectivity index (χ3v) is 4.84. The zero-order chi connectivity index (χ0) is 23.1. The number of carboxylic acids is 1. The maximum Gasteiger partial charge on any atom is 0.417 e. The Morgan fingerprint density at radius 2 is 1.91 bits per heavy atom. The van der Waals surface area contributed by atoms with E-state index in [1.165, 1.54) is 10.7 Å². The van der Waals surface area contributed by atoms with Crippen molar-refractivity contribution in [2.45, 2.75) is 45.2 Å². The van der Waals surface area contributed by atoms with Crippen LogP contribution in [-0.2, 0) is 30.2 Å². The van der Waals surface area contributed by atoms with Crippen molar-refractivity contribution in [2.75, 3.05) is 6.61 Å². The molecule has 0 aliphatic carbocycles. The van der Waals surface area contributed by atoms with E-state index in [1.54, 1.807) is 30.5 Å². The van der Waals surface area contributed by atoms with Gasteiger partial charge in [0, 0.05) is 18.0 Å². The highest BCUT2D eigenvalue weighted by molar-refractivity contribution is 5.71. The Hall–Kier alpha value is -3.36. The number of rotatable bonds is 10. The van der Waals surface area contributed by atoms with Crippen LogP contribution in [0.15, 0.2) is 48.8 Å². The first-order valence-corrected chi connectivity index (χ1v) is 10.3. The van der Waals surface area contributed by atoms with Gasteiger partial charge in [0.05, 0.1) is 24.3 Å². The summed E-state index contributed by atoms with van der Waals surface area (Å²) in [5.74, 6) is -0.0525. The lowest BCUT2D eigenvalue weighted by molar-refractivity contribution is -0.138. The molecule has 3 aromatic rings. The molecule has 0 atom stereocenters. The second-order valence-electron chi connectivity index (χ2n) is 7.33. The van der Waals surface area contributed by atoms with Gasteiger partial charge in [0.2, 0.25) is 0 Å². The molecule has 170 valence electrons. The number of ether oxygens (including phenoxy) is 1. The summed E-state index contributed by atoms with van der Waals surface area (Å²) >= 11 is 0. The van der Waals surface area contributed by atoms with Crippen molar-refractivity contribution in [2.24, 2.45) is 0 Å². The van der Waals surface area contributed by atoms with Crippen LogP contribution in [0, 0.1) is 0 Å². The first-order chi connectivity index (χ1) is 15.3. The van der Waals surface area contributed by atoms with E-state index in [4.69, 9.17) is 9.84 Å². The van der Waals surface area contributed by atoms with E-state index in [0.29, 0.717) is 36.6 Å². The van der Waals surface area contributed by atoms with E-state index in [-0.39, 0.29) is 6.42 Å². The summed E-state index contributed by atoms with van der Waals surface area (Å²) in [5.41, 5.74) is 1.67. The predicted octanol–water partition coefficient (Wildman–Crippen LogP) is 4.88. The topological polar surface area (TPSA) is 77.2 Å². The van der Waals surface area contributed by atoms with Crippen LogP contribution < -0.4 is 4.74 Å². The fourth-order valence-electron chi connectivity index (χ4n) is 3.31. The smallest absolute Gasteiger partial charge is 0.417 e. The van der Waals surface area contributed by atoms with Gasteiger partial charge >= 0.3 is 12.1 Å². The van der Waals surface area contributed by atoms with Crippen LogP contribution in [0.2, 0.25) is 0 Å². The molecule has 3 rings (SSSR count). The van der Waals surface area contributed by atoms with Crippen molar-refractivity contribution in [3.05, 3.63) is 71.2 Å². The van der Waals surface area contributed by atoms with Crippen molar-refractivity contribution >= 4 is 5.97 Å². The molecule has 0 fully saturated rings. The molecule has 32 heavy (non-hydrogen) atoms. The maximum absolute atomic E-state index is 12.8. The molecular weight excluding hydrogens is 423 g/mol. The highest BCUT2D eigenvalue weighted by Crippen LogP contribution is 2.29. The zero-order valence-electron chi connectivity index (χ0n) is 17.6. The van der Waals surface area contributed by atoms with Crippen LogP contribution in [0.4, 0.5) is 13.2 Å². The molecular formula is C23H24F3N3O3. The summed E-state index contributed by atoms with van der Waals surface area (Å²) in [6.45, 7) is 2.42. The number of pyridine rings is 1. The summed E-state index contributed by atoms with van der Waals surface area (Å²) in [6, 6.07) is 9.33. The highest BCUT2D eigenvalue weighted by atomic mass is 19.4. The van der Waals surface area contributed by atoms with Crippen molar-refractivity contribution < 1.29 is 27.8 Å². The van der Waals surface area contributed by atoms with Crippen molar-refractivity contribution in [3.8, 4) is 11.6 Å². The predicted molar refractivity (Wildman–Crippen MR) is 112 cm³/mol. The van der Waals surface area contributed by atoms with Crippen LogP contribution in [0.25, 0.3) is 5.82 Å². The van der Waals surface area contributed by atoms with Crippen LogP contribution in [0.3, 0.4) is 0 Å². The average Bonchev–Trinajstić information content (AvgIpc) is 3.14. The molecule has 2 aromatic heterocycles. The molecule has 0 aliphatic rings. The standard InChI is InChI=1S/C23H24F3N3O3/c1-2-6-19-17(8-5-12-32-20-9-4-3-7-16(20)13-22(30)31)15-29(28-19)21-11-10-18(14-27-21)23(24,25)26/h3-4,7,9-11,14-15H,2,5-6,8,12-13H2,1H3,(H,30,31). The van der Waals surface area contributed by atoms with Gasteiger partial charge in [0.25, 0.3) is 0 Å². The van der Waals surface area contributed by atoms with Gasteiger partial charge in [-0.05, 0) is 43.0 Å². The third-order valence-electron chi connectivity index (χ3n) is 4.84. The van der Waals surface area contributed by atoms with Gasteiger partial charge in [-0.1, -0.05) is 31.5 Å². The van der Waals surface area contributed by atoms with E-state index in [2.05, 4.69) is 10.1 Å². The molecule has 0 saturated carbocycles. The highest BCUT2D eigenvalue weighted by Gasteiger charge is 2.30. The molecule has 0 spiro atoms. The first-order valence-electron chi connectivity index (χ1n) is 10.3. The van der Waals surface area contributed by atoms with E-state index >= 15 is 0 Å².